The van der Waals surface area contributed by atoms with Crippen molar-refractivity contribution in [1.29, 1.82) is 0 Å². The third kappa shape index (κ3) is 11.1. The van der Waals surface area contributed by atoms with E-state index in [-0.39, 0.29) is 24.1 Å². The van der Waals surface area contributed by atoms with E-state index in [2.05, 4.69) is 16.0 Å². The summed E-state index contributed by atoms with van der Waals surface area (Å²) < 4.78 is 24.7. The Morgan fingerprint density at radius 1 is 0.930 bits per heavy atom. The molecule has 1 aliphatic rings. The second-order valence-corrected chi connectivity index (χ2v) is 17.0. The molecule has 5 amide bonds. The third-order valence-electron chi connectivity index (χ3n) is 8.11. The van der Waals surface area contributed by atoms with Gasteiger partial charge in [0, 0.05) is 12.6 Å². The number of Topliss-reactive ketones (excluding diaryl/α,β-unsaturated/α-hetero) is 1. The summed E-state index contributed by atoms with van der Waals surface area (Å²) in [5, 5.41) is 8.12. The van der Waals surface area contributed by atoms with Crippen LogP contribution < -0.4 is 21.7 Å². The molecule has 0 aromatic carbocycles. The van der Waals surface area contributed by atoms with Crippen LogP contribution in [0.3, 0.4) is 0 Å². The predicted molar refractivity (Wildman–Crippen MR) is 167 cm³/mol. The molecule has 0 aliphatic heterocycles. The fraction of sp³-hybridized carbons (Fsp3) is 0.833. The average molecular weight is 630 g/mol. The number of rotatable bonds is 15. The molecule has 13 heteroatoms. The minimum absolute atomic E-state index is 0.193. The Bertz CT molecular complexity index is 1120. The molecule has 0 bridgehead atoms. The van der Waals surface area contributed by atoms with Gasteiger partial charge in [-0.15, -0.1) is 0 Å². The Morgan fingerprint density at radius 3 is 1.88 bits per heavy atom. The summed E-state index contributed by atoms with van der Waals surface area (Å²) in [6.07, 6.45) is 3.63. The second kappa shape index (κ2) is 15.3. The number of hydrogen-bond acceptors (Lipinski definition) is 7. The monoisotopic (exact) mass is 629 g/mol. The van der Waals surface area contributed by atoms with E-state index in [0.717, 1.165) is 19.3 Å². The van der Waals surface area contributed by atoms with Crippen molar-refractivity contribution in [3.63, 3.8) is 0 Å². The first-order chi connectivity index (χ1) is 19.5. The van der Waals surface area contributed by atoms with E-state index in [1.54, 1.807) is 55.4 Å². The molecular formula is C30H55N5O7S. The van der Waals surface area contributed by atoms with Gasteiger partial charge in [-0.3, -0.25) is 19.2 Å². The maximum atomic E-state index is 14.0. The SMILES string of the molecule is CCCN(C(=O)[C@@H](NC(=O)N[C@H](CS(=O)(=O)C(C)(C)C)C(C)C)C(C)(C)C)[C@@H](C)C(=O)NC(CC1CCC1)C(=O)C(N)=O. The van der Waals surface area contributed by atoms with Crippen LogP contribution in [0.4, 0.5) is 4.79 Å². The number of ketones is 1. The zero-order valence-corrected chi connectivity index (χ0v) is 28.5. The van der Waals surface area contributed by atoms with E-state index in [1.807, 2.05) is 6.92 Å². The minimum Gasteiger partial charge on any atom is -0.363 e. The van der Waals surface area contributed by atoms with Gasteiger partial charge in [0.1, 0.15) is 12.1 Å². The highest BCUT2D eigenvalue weighted by atomic mass is 32.2. The normalized spacial score (nSPS) is 17.2. The van der Waals surface area contributed by atoms with Gasteiger partial charge in [-0.2, -0.15) is 0 Å². The molecule has 1 aliphatic carbocycles. The van der Waals surface area contributed by atoms with E-state index in [4.69, 9.17) is 5.73 Å². The zero-order valence-electron chi connectivity index (χ0n) is 27.7. The van der Waals surface area contributed by atoms with Gasteiger partial charge in [-0.1, -0.05) is 60.8 Å². The van der Waals surface area contributed by atoms with E-state index in [0.29, 0.717) is 12.8 Å². The van der Waals surface area contributed by atoms with Crippen molar-refractivity contribution >= 4 is 39.4 Å². The number of nitrogens with two attached hydrogens (primary N) is 1. The van der Waals surface area contributed by atoms with Crippen LogP contribution in [0.15, 0.2) is 0 Å². The summed E-state index contributed by atoms with van der Waals surface area (Å²) in [5.41, 5.74) is 4.46. The number of carbonyl (C=O) groups is 5. The molecule has 0 heterocycles. The Morgan fingerprint density at radius 2 is 1.49 bits per heavy atom. The van der Waals surface area contributed by atoms with Gasteiger partial charge >= 0.3 is 6.03 Å². The average Bonchev–Trinajstić information content (AvgIpc) is 2.83. The summed E-state index contributed by atoms with van der Waals surface area (Å²) >= 11 is 0. The number of nitrogens with one attached hydrogen (secondary N) is 3. The Labute approximate surface area is 257 Å². The number of hydrogen-bond donors (Lipinski definition) is 4. The maximum Gasteiger partial charge on any atom is 0.315 e. The summed E-state index contributed by atoms with van der Waals surface area (Å²) in [6, 6.07) is -4.56. The van der Waals surface area contributed by atoms with E-state index >= 15 is 0 Å². The van der Waals surface area contributed by atoms with E-state index in [9.17, 15) is 32.4 Å². The van der Waals surface area contributed by atoms with Crippen LogP contribution in [-0.4, -0.2) is 84.1 Å². The third-order valence-corrected chi connectivity index (χ3v) is 10.8. The van der Waals surface area contributed by atoms with Crippen LogP contribution in [0.2, 0.25) is 0 Å². The molecule has 0 aromatic heterocycles. The summed E-state index contributed by atoms with van der Waals surface area (Å²) in [5.74, 6) is -3.38. The van der Waals surface area contributed by atoms with Crippen LogP contribution in [0.1, 0.15) is 101 Å². The first-order valence-corrected chi connectivity index (χ1v) is 16.9. The van der Waals surface area contributed by atoms with Gasteiger partial charge in [0.05, 0.1) is 16.5 Å². The number of amides is 5. The highest BCUT2D eigenvalue weighted by Gasteiger charge is 2.40. The lowest BCUT2D eigenvalue weighted by Crippen LogP contribution is -2.62. The predicted octanol–water partition coefficient (Wildman–Crippen LogP) is 2.29. The molecule has 1 unspecified atom stereocenters. The van der Waals surface area contributed by atoms with Crippen LogP contribution >= 0.6 is 0 Å². The van der Waals surface area contributed by atoms with E-state index < -0.39 is 73.7 Å². The van der Waals surface area contributed by atoms with Gasteiger partial charge in [0.25, 0.3) is 5.91 Å². The first kappa shape index (κ1) is 38.3. The van der Waals surface area contributed by atoms with Crippen LogP contribution in [0.25, 0.3) is 0 Å². The standard InChI is InChI=1S/C30H55N5O7S/c1-11-15-35(19(4)26(38)32-21(23(36)25(31)37)16-20-13-12-14-20)27(39)24(29(5,6)7)34-28(40)33-22(18(2)3)17-43(41,42)30(8,9)10/h18-22,24H,11-17H2,1-10H3,(H2,31,37)(H,32,38)(H2,33,34,40)/t19-,21?,22+,24+/m0/s1. The zero-order chi connectivity index (χ0) is 33.5. The summed E-state index contributed by atoms with van der Waals surface area (Å²) in [6.45, 7) is 17.3. The van der Waals surface area contributed by atoms with Gasteiger partial charge < -0.3 is 26.6 Å². The summed E-state index contributed by atoms with van der Waals surface area (Å²) in [4.78, 5) is 66.0. The largest absolute Gasteiger partial charge is 0.363 e. The van der Waals surface area contributed by atoms with E-state index in [1.165, 1.54) is 11.8 Å². The van der Waals surface area contributed by atoms with Crippen molar-refractivity contribution < 1.29 is 32.4 Å². The summed E-state index contributed by atoms with van der Waals surface area (Å²) in [7, 11) is -3.54. The molecule has 1 saturated carbocycles. The van der Waals surface area contributed by atoms with Crippen molar-refractivity contribution in [1.82, 2.24) is 20.9 Å². The molecule has 0 spiro atoms. The molecule has 248 valence electrons. The highest BCUT2D eigenvalue weighted by Crippen LogP contribution is 2.31. The quantitative estimate of drug-likeness (QED) is 0.200. The van der Waals surface area contributed by atoms with Crippen molar-refractivity contribution in [3.8, 4) is 0 Å². The lowest BCUT2D eigenvalue weighted by molar-refractivity contribution is -0.144. The number of carbonyl (C=O) groups excluding carboxylic acids is 5. The molecule has 0 radical (unpaired) electrons. The second-order valence-electron chi connectivity index (χ2n) is 14.2. The fourth-order valence-corrected chi connectivity index (χ4v) is 6.12. The lowest BCUT2D eigenvalue weighted by Gasteiger charge is -2.38. The Balaban J connectivity index is 3.18. The van der Waals surface area contributed by atoms with Crippen molar-refractivity contribution in [2.75, 3.05) is 12.3 Å². The number of sulfone groups is 1. The van der Waals surface area contributed by atoms with Crippen molar-refractivity contribution in [3.05, 3.63) is 0 Å². The first-order valence-electron chi connectivity index (χ1n) is 15.3. The fourth-order valence-electron chi connectivity index (χ4n) is 4.68. The Hall–Kier alpha value is -2.70. The number of primary amides is 1. The van der Waals surface area contributed by atoms with Crippen LogP contribution in [-0.2, 0) is 29.0 Å². The van der Waals surface area contributed by atoms with Crippen LogP contribution in [0.5, 0.6) is 0 Å². The molecule has 0 saturated heterocycles. The van der Waals surface area contributed by atoms with Gasteiger partial charge in [-0.25, -0.2) is 13.2 Å². The number of urea groups is 1. The van der Waals surface area contributed by atoms with Crippen molar-refractivity contribution in [2.24, 2.45) is 23.0 Å². The van der Waals surface area contributed by atoms with Gasteiger partial charge in [0.15, 0.2) is 9.84 Å². The van der Waals surface area contributed by atoms with Gasteiger partial charge in [-0.05, 0) is 57.8 Å². The molecular weight excluding hydrogens is 574 g/mol. The lowest BCUT2D eigenvalue weighted by atomic mass is 9.80. The molecule has 43 heavy (non-hydrogen) atoms. The topological polar surface area (TPSA) is 185 Å². The smallest absolute Gasteiger partial charge is 0.315 e. The molecule has 1 fully saturated rings. The van der Waals surface area contributed by atoms with Crippen molar-refractivity contribution in [2.45, 2.75) is 130 Å². The molecule has 4 atom stereocenters. The minimum atomic E-state index is -3.54. The molecule has 1 rings (SSSR count). The number of nitrogens with zero attached hydrogens (tertiary/aromatic N) is 1. The molecule has 0 aromatic rings. The highest BCUT2D eigenvalue weighted by molar-refractivity contribution is 7.92. The molecule has 5 N–H and O–H groups in total. The Kier molecular flexibility index (Phi) is 13.7. The van der Waals surface area contributed by atoms with Crippen LogP contribution in [0, 0.1) is 17.3 Å². The molecule has 12 nitrogen and oxygen atoms in total. The maximum absolute atomic E-state index is 14.0. The van der Waals surface area contributed by atoms with Gasteiger partial charge in [0.2, 0.25) is 17.6 Å².